The first-order valence-corrected chi connectivity index (χ1v) is 8.89. The zero-order valence-corrected chi connectivity index (χ0v) is 14.2. The second-order valence-corrected chi connectivity index (χ2v) is 6.12. The van der Waals surface area contributed by atoms with Crippen LogP contribution >= 0.6 is 0 Å². The maximum absolute atomic E-state index is 11.5. The van der Waals surface area contributed by atoms with E-state index < -0.39 is 12.0 Å². The number of hydrogen-bond acceptors (Lipinski definition) is 2. The molecule has 0 fully saturated rings. The van der Waals surface area contributed by atoms with E-state index in [0.29, 0.717) is 13.3 Å². The normalized spacial score (nSPS) is 12.7. The molecule has 0 aliphatic carbocycles. The van der Waals surface area contributed by atoms with Crippen molar-refractivity contribution < 1.29 is 16.1 Å². The average Bonchev–Trinajstić information content (AvgIpc) is 2.51. The highest BCUT2D eigenvalue weighted by atomic mass is 16.4. The van der Waals surface area contributed by atoms with Crippen molar-refractivity contribution in [2.24, 2.45) is 0 Å². The lowest BCUT2D eigenvalue weighted by Gasteiger charge is -2.08. The molecule has 0 rings (SSSR count). The molecule has 0 saturated carbocycles. The Morgan fingerprint density at radius 1 is 0.909 bits per heavy atom. The SMILES string of the molecule is [2H]CCCCCCCCCCCCCCC(=O)N[C@@H](C)C(=O)O. The summed E-state index contributed by atoms with van der Waals surface area (Å²) in [5, 5.41) is 11.2. The Labute approximate surface area is 137 Å². The highest BCUT2D eigenvalue weighted by Crippen LogP contribution is 2.12. The molecule has 22 heavy (non-hydrogen) atoms. The minimum Gasteiger partial charge on any atom is -0.480 e. The topological polar surface area (TPSA) is 66.4 Å². The predicted octanol–water partition coefficient (Wildman–Crippen LogP) is 4.67. The molecule has 4 nitrogen and oxygen atoms in total. The summed E-state index contributed by atoms with van der Waals surface area (Å²) >= 11 is 0. The Balaban J connectivity index is 3.21. The van der Waals surface area contributed by atoms with Gasteiger partial charge in [0, 0.05) is 7.79 Å². The van der Waals surface area contributed by atoms with Gasteiger partial charge in [-0.05, 0) is 13.3 Å². The summed E-state index contributed by atoms with van der Waals surface area (Å²) < 4.78 is 7.07. The third-order valence-corrected chi connectivity index (χ3v) is 3.90. The van der Waals surface area contributed by atoms with Gasteiger partial charge in [0.2, 0.25) is 5.91 Å². The van der Waals surface area contributed by atoms with Crippen LogP contribution < -0.4 is 5.32 Å². The fourth-order valence-corrected chi connectivity index (χ4v) is 2.43. The number of carboxylic acid groups (broad SMARTS) is 1. The molecule has 130 valence electrons. The average molecular weight is 314 g/mol. The summed E-state index contributed by atoms with van der Waals surface area (Å²) in [5.41, 5.74) is 0. The molecule has 0 aliphatic rings. The lowest BCUT2D eigenvalue weighted by Crippen LogP contribution is -2.38. The van der Waals surface area contributed by atoms with Crippen LogP contribution in [-0.4, -0.2) is 23.0 Å². The lowest BCUT2D eigenvalue weighted by atomic mass is 10.0. The molecule has 0 aromatic heterocycles. The molecule has 4 heteroatoms. The van der Waals surface area contributed by atoms with E-state index in [1.807, 2.05) is 0 Å². The highest BCUT2D eigenvalue weighted by Gasteiger charge is 2.12. The number of amides is 1. The van der Waals surface area contributed by atoms with Crippen molar-refractivity contribution in [2.45, 2.75) is 103 Å². The van der Waals surface area contributed by atoms with Gasteiger partial charge in [-0.1, -0.05) is 77.5 Å². The van der Waals surface area contributed by atoms with E-state index in [-0.39, 0.29) is 5.91 Å². The molecule has 0 bridgehead atoms. The molecule has 2 N–H and O–H groups in total. The van der Waals surface area contributed by atoms with Crippen molar-refractivity contribution in [2.75, 3.05) is 0 Å². The summed E-state index contributed by atoms with van der Waals surface area (Å²) in [7, 11) is 0. The van der Waals surface area contributed by atoms with Gasteiger partial charge in [0.25, 0.3) is 0 Å². The molecule has 1 atom stereocenters. The van der Waals surface area contributed by atoms with Crippen molar-refractivity contribution in [3.63, 3.8) is 0 Å². The number of aliphatic carboxylic acids is 1. The van der Waals surface area contributed by atoms with Crippen molar-refractivity contribution >= 4 is 11.9 Å². The minimum atomic E-state index is -0.991. The van der Waals surface area contributed by atoms with Gasteiger partial charge >= 0.3 is 5.97 Å². The zero-order valence-electron chi connectivity index (χ0n) is 15.2. The van der Waals surface area contributed by atoms with Crippen LogP contribution in [0, 0.1) is 0 Å². The van der Waals surface area contributed by atoms with Crippen molar-refractivity contribution in [3.05, 3.63) is 0 Å². The highest BCUT2D eigenvalue weighted by molar-refractivity contribution is 5.83. The zero-order chi connectivity index (χ0) is 17.3. The maximum atomic E-state index is 11.5. The number of carbonyl (C=O) groups excluding carboxylic acids is 1. The molecule has 0 saturated heterocycles. The van der Waals surface area contributed by atoms with E-state index in [1.54, 1.807) is 0 Å². The largest absolute Gasteiger partial charge is 0.480 e. The third kappa shape index (κ3) is 13.9. The molecule has 0 spiro atoms. The van der Waals surface area contributed by atoms with Gasteiger partial charge in [-0.15, -0.1) is 0 Å². The molecule has 0 radical (unpaired) electrons. The fraction of sp³-hybridized carbons (Fsp3) is 0.889. The molecular formula is C18H35NO3. The monoisotopic (exact) mass is 314 g/mol. The summed E-state index contributed by atoms with van der Waals surface area (Å²) in [5.74, 6) is -1.15. The quantitative estimate of drug-likeness (QED) is 0.432. The molecular weight excluding hydrogens is 278 g/mol. The standard InChI is InChI=1S/C18H35NO3/c1-3-4-5-6-7-8-9-10-11-12-13-14-15-17(20)19-16(2)18(21)22/h16H,3-15H2,1-2H3,(H,19,20)(H,21,22)/t16-/m0/s1/i1D. The van der Waals surface area contributed by atoms with Crippen LogP contribution in [0.25, 0.3) is 0 Å². The number of nitrogens with one attached hydrogen (secondary N) is 1. The Morgan fingerprint density at radius 2 is 1.36 bits per heavy atom. The molecule has 1 amide bonds. The maximum Gasteiger partial charge on any atom is 0.325 e. The summed E-state index contributed by atoms with van der Waals surface area (Å²) in [4.78, 5) is 22.1. The number of carboxylic acids is 1. The Hall–Kier alpha value is -1.06. The minimum absolute atomic E-state index is 0.162. The van der Waals surface area contributed by atoms with Crippen molar-refractivity contribution in [1.82, 2.24) is 5.32 Å². The molecule has 0 heterocycles. The Morgan fingerprint density at radius 3 is 1.82 bits per heavy atom. The molecule has 0 aliphatic heterocycles. The Kier molecular flexibility index (Phi) is 12.8. The first-order valence-electron chi connectivity index (χ1n) is 9.60. The first-order chi connectivity index (χ1) is 11.1. The van der Waals surface area contributed by atoms with Gasteiger partial charge in [-0.25, -0.2) is 0 Å². The molecule has 0 unspecified atom stereocenters. The van der Waals surface area contributed by atoms with Crippen LogP contribution in [0.15, 0.2) is 0 Å². The van der Waals surface area contributed by atoms with E-state index in [0.717, 1.165) is 25.7 Å². The summed E-state index contributed by atoms with van der Waals surface area (Å²) in [6.07, 6.45) is 14.8. The fourth-order valence-electron chi connectivity index (χ4n) is 2.43. The molecule has 0 aromatic rings. The number of hydrogen-bond donors (Lipinski definition) is 2. The molecule has 0 aromatic carbocycles. The van der Waals surface area contributed by atoms with Gasteiger partial charge in [-0.3, -0.25) is 9.59 Å². The summed E-state index contributed by atoms with van der Waals surface area (Å²) in [6, 6.07) is -0.797. The van der Waals surface area contributed by atoms with Gasteiger partial charge in [0.1, 0.15) is 6.04 Å². The van der Waals surface area contributed by atoms with Crippen molar-refractivity contribution in [3.8, 4) is 0 Å². The Bertz CT molecular complexity index is 311. The smallest absolute Gasteiger partial charge is 0.325 e. The lowest BCUT2D eigenvalue weighted by molar-refractivity contribution is -0.141. The van der Waals surface area contributed by atoms with Crippen LogP contribution in [0.4, 0.5) is 0 Å². The van der Waals surface area contributed by atoms with Gasteiger partial charge in [0.05, 0.1) is 0 Å². The van der Waals surface area contributed by atoms with Crippen LogP contribution in [0.2, 0.25) is 0 Å². The number of unbranched alkanes of at least 4 members (excludes halogenated alkanes) is 11. The number of carbonyl (C=O) groups is 2. The third-order valence-electron chi connectivity index (χ3n) is 3.90. The van der Waals surface area contributed by atoms with Crippen molar-refractivity contribution in [1.29, 1.82) is 0 Å². The van der Waals surface area contributed by atoms with E-state index in [9.17, 15) is 9.59 Å². The van der Waals surface area contributed by atoms with E-state index in [2.05, 4.69) is 5.32 Å². The van der Waals surface area contributed by atoms with Crippen LogP contribution in [0.3, 0.4) is 0 Å². The van der Waals surface area contributed by atoms with E-state index >= 15 is 0 Å². The van der Waals surface area contributed by atoms with Gasteiger partial charge < -0.3 is 10.4 Å². The predicted molar refractivity (Wildman–Crippen MR) is 90.9 cm³/mol. The second-order valence-electron chi connectivity index (χ2n) is 6.12. The first kappa shape index (κ1) is 19.0. The van der Waals surface area contributed by atoms with Gasteiger partial charge in [0.15, 0.2) is 0 Å². The summed E-state index contributed by atoms with van der Waals surface area (Å²) in [6.45, 7) is 2.05. The van der Waals surface area contributed by atoms with Crippen LogP contribution in [-0.2, 0) is 9.59 Å². The van der Waals surface area contributed by atoms with Gasteiger partial charge in [-0.2, -0.15) is 0 Å². The number of rotatable bonds is 15. The van der Waals surface area contributed by atoms with E-state index in [4.69, 9.17) is 6.48 Å². The van der Waals surface area contributed by atoms with E-state index in [1.165, 1.54) is 58.3 Å². The second kappa shape index (κ2) is 14.9. The van der Waals surface area contributed by atoms with Crippen LogP contribution in [0.5, 0.6) is 0 Å². The van der Waals surface area contributed by atoms with Crippen LogP contribution in [0.1, 0.15) is 98.7 Å².